The Morgan fingerprint density at radius 3 is 2.57 bits per heavy atom. The number of ether oxygens (including phenoxy) is 1. The molecule has 0 radical (unpaired) electrons. The first-order valence-electron chi connectivity index (χ1n) is 6.64. The minimum Gasteiger partial charge on any atom is -0.406 e. The molecule has 1 N–H and O–H groups in total. The van der Waals surface area contributed by atoms with Crippen molar-refractivity contribution in [3.05, 3.63) is 48.2 Å². The first kappa shape index (κ1) is 17.1. The summed E-state index contributed by atoms with van der Waals surface area (Å²) in [6.45, 7) is 1.94. The Bertz CT molecular complexity index is 675. The maximum Gasteiger partial charge on any atom is 0.573 e. The van der Waals surface area contributed by atoms with E-state index in [-0.39, 0.29) is 11.7 Å². The third kappa shape index (κ3) is 5.17. The summed E-state index contributed by atoms with van der Waals surface area (Å²) in [5.74, 6) is 0.0403. The Hall–Kier alpha value is -2.22. The summed E-state index contributed by atoms with van der Waals surface area (Å²) < 4.78 is 40.0. The number of rotatable bonds is 5. The van der Waals surface area contributed by atoms with Gasteiger partial charge in [-0.2, -0.15) is 0 Å². The highest BCUT2D eigenvalue weighted by Gasteiger charge is 2.30. The number of aromatic nitrogens is 1. The molecule has 0 atom stereocenters. The molecule has 0 aliphatic carbocycles. The number of hydrogen-bond donors (Lipinski definition) is 1. The van der Waals surface area contributed by atoms with Gasteiger partial charge in [-0.3, -0.25) is 4.79 Å². The number of thioether (sulfide) groups is 1. The molecule has 0 aliphatic heterocycles. The van der Waals surface area contributed by atoms with Crippen LogP contribution in [-0.2, 0) is 0 Å². The average Bonchev–Trinajstić information content (AvgIpc) is 2.48. The van der Waals surface area contributed by atoms with E-state index in [1.165, 1.54) is 23.9 Å². The van der Waals surface area contributed by atoms with Crippen molar-refractivity contribution in [1.29, 1.82) is 0 Å². The van der Waals surface area contributed by atoms with Crippen LogP contribution in [0.4, 0.5) is 18.9 Å². The van der Waals surface area contributed by atoms with E-state index < -0.39 is 6.36 Å². The van der Waals surface area contributed by atoms with Gasteiger partial charge in [-0.1, -0.05) is 6.92 Å². The molecular formula is C15H13F3N2O2S. The first-order chi connectivity index (χ1) is 10.9. The van der Waals surface area contributed by atoms with Crippen LogP contribution in [0.5, 0.6) is 5.75 Å². The van der Waals surface area contributed by atoms with Gasteiger partial charge in [-0.05, 0) is 42.2 Å². The molecule has 2 aromatic rings. The van der Waals surface area contributed by atoms with E-state index in [1.807, 2.05) is 6.92 Å². The topological polar surface area (TPSA) is 51.2 Å². The van der Waals surface area contributed by atoms with Gasteiger partial charge in [0.25, 0.3) is 5.91 Å². The summed E-state index contributed by atoms with van der Waals surface area (Å²) >= 11 is 1.43. The maximum absolute atomic E-state index is 12.2. The van der Waals surface area contributed by atoms with Crippen LogP contribution >= 0.6 is 11.8 Å². The number of halogens is 3. The Balaban J connectivity index is 2.09. The second-order valence-corrected chi connectivity index (χ2v) is 5.57. The molecule has 0 aliphatic rings. The monoisotopic (exact) mass is 342 g/mol. The molecular weight excluding hydrogens is 329 g/mol. The van der Waals surface area contributed by atoms with Gasteiger partial charge < -0.3 is 10.1 Å². The van der Waals surface area contributed by atoms with Crippen molar-refractivity contribution in [3.8, 4) is 5.75 Å². The standard InChI is InChI=1S/C15H13F3N2O2S/c1-2-23-14-12(4-3-9-19-14)13(21)20-10-5-7-11(8-6-10)22-15(16,17)18/h3-9H,2H2,1H3,(H,20,21). The Morgan fingerprint density at radius 1 is 1.26 bits per heavy atom. The summed E-state index contributed by atoms with van der Waals surface area (Å²) in [6, 6.07) is 8.22. The Labute approximate surface area is 135 Å². The van der Waals surface area contributed by atoms with Crippen molar-refractivity contribution in [2.75, 3.05) is 11.1 Å². The van der Waals surface area contributed by atoms with Crippen LogP contribution in [0.25, 0.3) is 0 Å². The van der Waals surface area contributed by atoms with Crippen molar-refractivity contribution in [2.24, 2.45) is 0 Å². The summed E-state index contributed by atoms with van der Waals surface area (Å²) in [4.78, 5) is 16.4. The molecule has 0 fully saturated rings. The summed E-state index contributed by atoms with van der Waals surface area (Å²) in [5.41, 5.74) is 0.774. The molecule has 0 bridgehead atoms. The smallest absolute Gasteiger partial charge is 0.406 e. The number of hydrogen-bond acceptors (Lipinski definition) is 4. The van der Waals surface area contributed by atoms with Gasteiger partial charge in [0.15, 0.2) is 0 Å². The van der Waals surface area contributed by atoms with Crippen molar-refractivity contribution < 1.29 is 22.7 Å². The van der Waals surface area contributed by atoms with Gasteiger partial charge in [-0.15, -0.1) is 24.9 Å². The van der Waals surface area contributed by atoms with Gasteiger partial charge in [0.1, 0.15) is 10.8 Å². The highest BCUT2D eigenvalue weighted by Crippen LogP contribution is 2.25. The molecule has 122 valence electrons. The van der Waals surface area contributed by atoms with Crippen LogP contribution < -0.4 is 10.1 Å². The van der Waals surface area contributed by atoms with Crippen LogP contribution in [-0.4, -0.2) is 23.0 Å². The fourth-order valence-corrected chi connectivity index (χ4v) is 2.48. The third-order valence-electron chi connectivity index (χ3n) is 2.64. The van der Waals surface area contributed by atoms with Gasteiger partial charge in [0, 0.05) is 11.9 Å². The van der Waals surface area contributed by atoms with Crippen LogP contribution in [0.1, 0.15) is 17.3 Å². The maximum atomic E-state index is 12.2. The molecule has 2 rings (SSSR count). The van der Waals surface area contributed by atoms with Crippen LogP contribution in [0, 0.1) is 0 Å². The minimum absolute atomic E-state index is 0.348. The van der Waals surface area contributed by atoms with E-state index in [0.717, 1.165) is 17.9 Å². The molecule has 1 aromatic carbocycles. The number of carbonyl (C=O) groups excluding carboxylic acids is 1. The van der Waals surface area contributed by atoms with E-state index in [1.54, 1.807) is 18.3 Å². The molecule has 0 saturated carbocycles. The Kier molecular flexibility index (Phi) is 5.49. The van der Waals surface area contributed by atoms with E-state index in [9.17, 15) is 18.0 Å². The first-order valence-corrected chi connectivity index (χ1v) is 7.62. The number of alkyl halides is 3. The van der Waals surface area contributed by atoms with Crippen molar-refractivity contribution >= 4 is 23.4 Å². The number of carbonyl (C=O) groups is 1. The highest BCUT2D eigenvalue weighted by molar-refractivity contribution is 7.99. The lowest BCUT2D eigenvalue weighted by atomic mass is 10.2. The number of amides is 1. The lowest BCUT2D eigenvalue weighted by Crippen LogP contribution is -2.17. The van der Waals surface area contributed by atoms with E-state index in [0.29, 0.717) is 16.3 Å². The number of anilines is 1. The van der Waals surface area contributed by atoms with Crippen LogP contribution in [0.3, 0.4) is 0 Å². The second kappa shape index (κ2) is 7.36. The zero-order chi connectivity index (χ0) is 16.9. The van der Waals surface area contributed by atoms with E-state index >= 15 is 0 Å². The zero-order valence-corrected chi connectivity index (χ0v) is 12.9. The summed E-state index contributed by atoms with van der Waals surface area (Å²) in [5, 5.41) is 3.22. The second-order valence-electron chi connectivity index (χ2n) is 4.32. The molecule has 0 saturated heterocycles. The van der Waals surface area contributed by atoms with Crippen molar-refractivity contribution in [1.82, 2.24) is 4.98 Å². The van der Waals surface area contributed by atoms with Gasteiger partial charge in [0.2, 0.25) is 0 Å². The number of benzene rings is 1. The van der Waals surface area contributed by atoms with E-state index in [4.69, 9.17) is 0 Å². The summed E-state index contributed by atoms with van der Waals surface area (Å²) in [7, 11) is 0. The molecule has 1 aromatic heterocycles. The predicted molar refractivity (Wildman–Crippen MR) is 81.7 cm³/mol. The van der Waals surface area contributed by atoms with Crippen LogP contribution in [0.2, 0.25) is 0 Å². The average molecular weight is 342 g/mol. The number of nitrogens with zero attached hydrogens (tertiary/aromatic N) is 1. The SMILES string of the molecule is CCSc1ncccc1C(=O)Nc1ccc(OC(F)(F)F)cc1. The number of pyridine rings is 1. The van der Waals surface area contributed by atoms with Gasteiger partial charge in [0.05, 0.1) is 5.56 Å². The zero-order valence-electron chi connectivity index (χ0n) is 12.1. The molecule has 0 spiro atoms. The normalized spacial score (nSPS) is 11.1. The minimum atomic E-state index is -4.74. The predicted octanol–water partition coefficient (Wildman–Crippen LogP) is 4.34. The molecule has 4 nitrogen and oxygen atoms in total. The molecule has 8 heteroatoms. The molecule has 23 heavy (non-hydrogen) atoms. The fourth-order valence-electron chi connectivity index (χ4n) is 1.75. The quantitative estimate of drug-likeness (QED) is 0.821. The van der Waals surface area contributed by atoms with Crippen molar-refractivity contribution in [2.45, 2.75) is 18.3 Å². The fraction of sp³-hybridized carbons (Fsp3) is 0.200. The van der Waals surface area contributed by atoms with Crippen molar-refractivity contribution in [3.63, 3.8) is 0 Å². The lowest BCUT2D eigenvalue weighted by molar-refractivity contribution is -0.274. The number of nitrogens with one attached hydrogen (secondary N) is 1. The van der Waals surface area contributed by atoms with Crippen LogP contribution in [0.15, 0.2) is 47.6 Å². The largest absolute Gasteiger partial charge is 0.573 e. The molecule has 0 unspecified atom stereocenters. The lowest BCUT2D eigenvalue weighted by Gasteiger charge is -2.11. The highest BCUT2D eigenvalue weighted by atomic mass is 32.2. The Morgan fingerprint density at radius 2 is 1.96 bits per heavy atom. The summed E-state index contributed by atoms with van der Waals surface area (Å²) in [6.07, 6.45) is -3.15. The molecule has 1 heterocycles. The van der Waals surface area contributed by atoms with Gasteiger partial charge >= 0.3 is 6.36 Å². The third-order valence-corrected chi connectivity index (χ3v) is 3.53. The van der Waals surface area contributed by atoms with Gasteiger partial charge in [-0.25, -0.2) is 4.98 Å². The van der Waals surface area contributed by atoms with E-state index in [2.05, 4.69) is 15.0 Å². The molecule has 1 amide bonds.